The van der Waals surface area contributed by atoms with Crippen molar-refractivity contribution in [1.29, 1.82) is 0 Å². The molecule has 0 aliphatic rings. The molecule has 0 saturated heterocycles. The minimum absolute atomic E-state index is 0.837. The minimum atomic E-state index is 0.837. The van der Waals surface area contributed by atoms with Gasteiger partial charge in [-0.2, -0.15) is 0 Å². The Balaban J connectivity index is 2.44. The summed E-state index contributed by atoms with van der Waals surface area (Å²) in [4.78, 5) is 9.06. The third-order valence-corrected chi connectivity index (χ3v) is 4.83. The van der Waals surface area contributed by atoms with Crippen LogP contribution in [-0.2, 0) is 0 Å². The molecule has 3 nitrogen and oxygen atoms in total. The number of nitrogens with zero attached hydrogens (tertiary/aromatic N) is 2. The largest absolute Gasteiger partial charge is 0.373 e. The van der Waals surface area contributed by atoms with Gasteiger partial charge in [0.05, 0.1) is 5.52 Å². The maximum atomic E-state index is 4.65. The maximum absolute atomic E-state index is 4.65. The van der Waals surface area contributed by atoms with Crippen molar-refractivity contribution in [2.45, 2.75) is 53.9 Å². The lowest BCUT2D eigenvalue weighted by atomic mass is 9.94. The number of nitrogens with one attached hydrogen (secondary N) is 1. The summed E-state index contributed by atoms with van der Waals surface area (Å²) in [6.07, 6.45) is 11.8. The fraction of sp³-hybridized carbons (Fsp3) is 0.391. The number of anilines is 1. The molecular formula is C23H31N3. The molecule has 0 aliphatic heterocycles. The summed E-state index contributed by atoms with van der Waals surface area (Å²) in [7, 11) is 1.87. The van der Waals surface area contributed by atoms with E-state index in [-0.39, 0.29) is 0 Å². The SMILES string of the molecule is C\C=C(/C(C)=C\C(CCC)=C(/C)CC)c1cnc2cc(NC)ncc2c1. The summed E-state index contributed by atoms with van der Waals surface area (Å²) in [6.45, 7) is 11.0. The average Bonchev–Trinajstić information content (AvgIpc) is 2.67. The van der Waals surface area contributed by atoms with Crippen molar-refractivity contribution in [3.8, 4) is 0 Å². The molecule has 0 unspecified atom stereocenters. The van der Waals surface area contributed by atoms with Crippen LogP contribution in [-0.4, -0.2) is 17.0 Å². The summed E-state index contributed by atoms with van der Waals surface area (Å²) >= 11 is 0. The Kier molecular flexibility index (Phi) is 7.14. The molecule has 2 aromatic heterocycles. The first-order valence-electron chi connectivity index (χ1n) is 9.51. The number of allylic oxidation sites excluding steroid dienone is 6. The molecular weight excluding hydrogens is 318 g/mol. The van der Waals surface area contributed by atoms with E-state index in [1.807, 2.05) is 25.5 Å². The summed E-state index contributed by atoms with van der Waals surface area (Å²) < 4.78 is 0. The second kappa shape index (κ2) is 9.33. The molecule has 138 valence electrons. The maximum Gasteiger partial charge on any atom is 0.127 e. The monoisotopic (exact) mass is 349 g/mol. The third kappa shape index (κ3) is 4.60. The van der Waals surface area contributed by atoms with Crippen LogP contribution in [0.25, 0.3) is 16.5 Å². The van der Waals surface area contributed by atoms with Gasteiger partial charge < -0.3 is 5.32 Å². The zero-order chi connectivity index (χ0) is 19.1. The van der Waals surface area contributed by atoms with Crippen LogP contribution < -0.4 is 5.32 Å². The van der Waals surface area contributed by atoms with Crippen LogP contribution >= 0.6 is 0 Å². The lowest BCUT2D eigenvalue weighted by Gasteiger charge is -2.12. The van der Waals surface area contributed by atoms with E-state index in [9.17, 15) is 0 Å². The summed E-state index contributed by atoms with van der Waals surface area (Å²) in [5, 5.41) is 4.12. The first-order valence-corrected chi connectivity index (χ1v) is 9.51. The first-order chi connectivity index (χ1) is 12.5. The predicted molar refractivity (Wildman–Crippen MR) is 114 cm³/mol. The number of fused-ring (bicyclic) bond motifs is 1. The highest BCUT2D eigenvalue weighted by Gasteiger charge is 2.08. The summed E-state index contributed by atoms with van der Waals surface area (Å²) in [6, 6.07) is 4.15. The minimum Gasteiger partial charge on any atom is -0.373 e. The molecule has 26 heavy (non-hydrogen) atoms. The zero-order valence-electron chi connectivity index (χ0n) is 17.0. The Morgan fingerprint density at radius 3 is 2.50 bits per heavy atom. The molecule has 2 rings (SSSR count). The van der Waals surface area contributed by atoms with E-state index in [2.05, 4.69) is 68.1 Å². The number of hydrogen-bond acceptors (Lipinski definition) is 3. The lowest BCUT2D eigenvalue weighted by molar-refractivity contribution is 0.895. The highest BCUT2D eigenvalue weighted by molar-refractivity contribution is 5.87. The van der Waals surface area contributed by atoms with Crippen LogP contribution in [0.4, 0.5) is 5.82 Å². The Hall–Kier alpha value is -2.42. The molecule has 0 fully saturated rings. The van der Waals surface area contributed by atoms with E-state index >= 15 is 0 Å². The Morgan fingerprint density at radius 1 is 1.12 bits per heavy atom. The molecule has 0 radical (unpaired) electrons. The van der Waals surface area contributed by atoms with E-state index in [1.54, 1.807) is 0 Å². The quantitative estimate of drug-likeness (QED) is 0.576. The standard InChI is InChI=1S/C23H31N3/c1-7-10-18(16(4)8-2)11-17(5)21(9-3)19-12-20-15-26-23(24-6)13-22(20)25-14-19/h9,11-15H,7-8,10H2,1-6H3,(H,24,26)/b17-11-,18-16+,21-9+. The van der Waals surface area contributed by atoms with Crippen molar-refractivity contribution >= 4 is 22.3 Å². The van der Waals surface area contributed by atoms with Crippen molar-refractivity contribution in [3.05, 3.63) is 59.0 Å². The van der Waals surface area contributed by atoms with Gasteiger partial charge in [-0.1, -0.05) is 38.0 Å². The zero-order valence-corrected chi connectivity index (χ0v) is 17.0. The normalized spacial score (nSPS) is 13.8. The third-order valence-electron chi connectivity index (χ3n) is 4.83. The van der Waals surface area contributed by atoms with Gasteiger partial charge in [-0.05, 0) is 56.4 Å². The van der Waals surface area contributed by atoms with Crippen molar-refractivity contribution < 1.29 is 0 Å². The van der Waals surface area contributed by atoms with Gasteiger partial charge in [-0.15, -0.1) is 0 Å². The summed E-state index contributed by atoms with van der Waals surface area (Å²) in [5.41, 5.74) is 7.54. The molecule has 0 spiro atoms. The van der Waals surface area contributed by atoms with Crippen LogP contribution in [0.3, 0.4) is 0 Å². The van der Waals surface area contributed by atoms with Crippen LogP contribution in [0, 0.1) is 0 Å². The van der Waals surface area contributed by atoms with Crippen LogP contribution in [0.5, 0.6) is 0 Å². The van der Waals surface area contributed by atoms with Gasteiger partial charge in [0.2, 0.25) is 0 Å². The van der Waals surface area contributed by atoms with Crippen LogP contribution in [0.1, 0.15) is 59.4 Å². The van der Waals surface area contributed by atoms with E-state index in [1.165, 1.54) is 28.7 Å². The van der Waals surface area contributed by atoms with E-state index in [0.29, 0.717) is 0 Å². The van der Waals surface area contributed by atoms with Gasteiger partial charge in [0.25, 0.3) is 0 Å². The van der Waals surface area contributed by atoms with Crippen molar-refractivity contribution in [1.82, 2.24) is 9.97 Å². The van der Waals surface area contributed by atoms with Gasteiger partial charge >= 0.3 is 0 Å². The van der Waals surface area contributed by atoms with Gasteiger partial charge in [0.1, 0.15) is 5.82 Å². The van der Waals surface area contributed by atoms with Crippen molar-refractivity contribution in [2.24, 2.45) is 0 Å². The number of hydrogen-bond donors (Lipinski definition) is 1. The highest BCUT2D eigenvalue weighted by atomic mass is 14.9. The van der Waals surface area contributed by atoms with Gasteiger partial charge in [-0.3, -0.25) is 4.98 Å². The molecule has 0 bridgehead atoms. The first kappa shape index (κ1) is 19.9. The molecule has 0 amide bonds. The van der Waals surface area contributed by atoms with E-state index in [0.717, 1.165) is 35.1 Å². The molecule has 2 aromatic rings. The number of pyridine rings is 2. The topological polar surface area (TPSA) is 37.8 Å². The predicted octanol–water partition coefficient (Wildman–Crippen LogP) is 6.55. The fourth-order valence-electron chi connectivity index (χ4n) is 3.17. The molecule has 0 saturated carbocycles. The van der Waals surface area contributed by atoms with Gasteiger partial charge in [0, 0.05) is 36.5 Å². The smallest absolute Gasteiger partial charge is 0.127 e. The molecule has 3 heteroatoms. The van der Waals surface area contributed by atoms with Crippen molar-refractivity contribution in [3.63, 3.8) is 0 Å². The second-order valence-electron chi connectivity index (χ2n) is 6.68. The van der Waals surface area contributed by atoms with E-state index < -0.39 is 0 Å². The molecule has 0 atom stereocenters. The summed E-state index contributed by atoms with van der Waals surface area (Å²) in [5.74, 6) is 0.837. The van der Waals surface area contributed by atoms with Gasteiger partial charge in [0.15, 0.2) is 0 Å². The Labute approximate surface area is 158 Å². The molecule has 0 aliphatic carbocycles. The molecule has 0 aromatic carbocycles. The molecule has 1 N–H and O–H groups in total. The number of rotatable bonds is 7. The van der Waals surface area contributed by atoms with Crippen molar-refractivity contribution in [2.75, 3.05) is 12.4 Å². The highest BCUT2D eigenvalue weighted by Crippen LogP contribution is 2.28. The number of aromatic nitrogens is 2. The fourth-order valence-corrected chi connectivity index (χ4v) is 3.17. The average molecular weight is 350 g/mol. The Morgan fingerprint density at radius 2 is 1.88 bits per heavy atom. The van der Waals surface area contributed by atoms with Crippen LogP contribution in [0.2, 0.25) is 0 Å². The second-order valence-corrected chi connectivity index (χ2v) is 6.68. The Bertz CT molecular complexity index is 857. The lowest BCUT2D eigenvalue weighted by Crippen LogP contribution is -1.95. The molecule has 2 heterocycles. The van der Waals surface area contributed by atoms with E-state index in [4.69, 9.17) is 0 Å². The van der Waals surface area contributed by atoms with Gasteiger partial charge in [-0.25, -0.2) is 4.98 Å². The van der Waals surface area contributed by atoms with Crippen LogP contribution in [0.15, 0.2) is 53.4 Å².